The van der Waals surface area contributed by atoms with Gasteiger partial charge in [0.05, 0.1) is 12.1 Å². The number of hydrogen-bond donors (Lipinski definition) is 1. The molecule has 98 valence electrons. The minimum atomic E-state index is -0.861. The Morgan fingerprint density at radius 3 is 2.63 bits per heavy atom. The van der Waals surface area contributed by atoms with E-state index in [9.17, 15) is 9.90 Å². The second-order valence-electron chi connectivity index (χ2n) is 4.70. The lowest BCUT2D eigenvalue weighted by Crippen LogP contribution is -2.56. The zero-order chi connectivity index (χ0) is 13.4. The second kappa shape index (κ2) is 4.35. The first-order chi connectivity index (χ1) is 9.19. The molecule has 2 aliphatic heterocycles. The average molecular weight is 260 g/mol. The lowest BCUT2D eigenvalue weighted by atomic mass is 10.2. The topological polar surface area (TPSA) is 106 Å². The molecule has 0 spiro atoms. The van der Waals surface area contributed by atoms with Crippen molar-refractivity contribution < 1.29 is 9.90 Å². The van der Waals surface area contributed by atoms with E-state index in [-0.39, 0.29) is 17.9 Å². The van der Waals surface area contributed by atoms with Gasteiger partial charge in [0, 0.05) is 13.1 Å². The van der Waals surface area contributed by atoms with Crippen LogP contribution in [0.25, 0.3) is 0 Å². The van der Waals surface area contributed by atoms with Crippen LogP contribution in [0.15, 0.2) is 6.33 Å². The fourth-order valence-electron chi connectivity index (χ4n) is 2.87. The predicted octanol–water partition coefficient (Wildman–Crippen LogP) is 0.0743. The Labute approximate surface area is 109 Å². The minimum absolute atomic E-state index is 0.0152. The molecule has 2 unspecified atom stereocenters. The van der Waals surface area contributed by atoms with Crippen LogP contribution in [-0.4, -0.2) is 56.2 Å². The number of aromatic nitrogens is 3. The maximum atomic E-state index is 11.2. The molecule has 1 N–H and O–H groups in total. The van der Waals surface area contributed by atoms with Crippen molar-refractivity contribution in [3.05, 3.63) is 12.2 Å². The van der Waals surface area contributed by atoms with E-state index in [1.54, 1.807) is 0 Å². The quantitative estimate of drug-likeness (QED) is 0.761. The molecule has 8 heteroatoms. The molecule has 2 bridgehead atoms. The first-order valence-electron chi connectivity index (χ1n) is 6.04. The molecule has 3 heterocycles. The van der Waals surface area contributed by atoms with Gasteiger partial charge in [0.2, 0.25) is 11.8 Å². The summed E-state index contributed by atoms with van der Waals surface area (Å²) in [5, 5.41) is 18.0. The Kier molecular flexibility index (Phi) is 2.67. The normalized spacial score (nSPS) is 25.2. The van der Waals surface area contributed by atoms with Gasteiger partial charge in [-0.15, -0.1) is 0 Å². The number of piperazine rings is 1. The van der Waals surface area contributed by atoms with Crippen LogP contribution in [-0.2, 0) is 0 Å². The van der Waals surface area contributed by atoms with Crippen molar-refractivity contribution in [1.82, 2.24) is 19.9 Å². The highest BCUT2D eigenvalue weighted by molar-refractivity contribution is 5.67. The van der Waals surface area contributed by atoms with Crippen LogP contribution >= 0.6 is 0 Å². The summed E-state index contributed by atoms with van der Waals surface area (Å²) in [4.78, 5) is 26.5. The van der Waals surface area contributed by atoms with E-state index >= 15 is 0 Å². The molecule has 0 aliphatic carbocycles. The fourth-order valence-corrected chi connectivity index (χ4v) is 2.87. The standard InChI is InChI=1S/C11H12N6O2/c12-3-9-13-6-14-10(15-9)16-4-7-1-2-8(5-16)17(7)11(18)19/h6-8H,1-2,4-5H2,(H,18,19). The summed E-state index contributed by atoms with van der Waals surface area (Å²) in [5.74, 6) is 0.534. The molecule has 2 atom stereocenters. The molecule has 0 radical (unpaired) electrons. The third-order valence-corrected chi connectivity index (χ3v) is 3.65. The molecular weight excluding hydrogens is 248 g/mol. The number of fused-ring (bicyclic) bond motifs is 2. The molecule has 2 saturated heterocycles. The number of amides is 1. The molecule has 1 amide bonds. The molecule has 3 rings (SSSR count). The summed E-state index contributed by atoms with van der Waals surface area (Å²) in [7, 11) is 0. The van der Waals surface area contributed by atoms with Gasteiger partial charge in [0.15, 0.2) is 0 Å². The predicted molar refractivity (Wildman–Crippen MR) is 63.4 cm³/mol. The Hall–Kier alpha value is -2.43. The monoisotopic (exact) mass is 260 g/mol. The number of anilines is 1. The van der Waals surface area contributed by atoms with Crippen LogP contribution in [0, 0.1) is 11.3 Å². The lowest BCUT2D eigenvalue weighted by Gasteiger charge is -2.39. The van der Waals surface area contributed by atoms with Crippen molar-refractivity contribution in [1.29, 1.82) is 5.26 Å². The molecule has 19 heavy (non-hydrogen) atoms. The van der Waals surface area contributed by atoms with Crippen LogP contribution < -0.4 is 4.90 Å². The Bertz CT molecular complexity index is 542. The number of carbonyl (C=O) groups is 1. The summed E-state index contributed by atoms with van der Waals surface area (Å²) < 4.78 is 0. The highest BCUT2D eigenvalue weighted by atomic mass is 16.4. The zero-order valence-corrected chi connectivity index (χ0v) is 10.1. The Morgan fingerprint density at radius 1 is 1.37 bits per heavy atom. The molecule has 0 saturated carbocycles. The maximum Gasteiger partial charge on any atom is 0.407 e. The van der Waals surface area contributed by atoms with Gasteiger partial charge in [-0.05, 0) is 12.8 Å². The van der Waals surface area contributed by atoms with Gasteiger partial charge in [0.25, 0.3) is 0 Å². The van der Waals surface area contributed by atoms with Gasteiger partial charge in [0.1, 0.15) is 12.4 Å². The van der Waals surface area contributed by atoms with Crippen LogP contribution in [0.1, 0.15) is 18.7 Å². The molecule has 1 aromatic rings. The second-order valence-corrected chi connectivity index (χ2v) is 4.70. The number of nitrogens with zero attached hydrogens (tertiary/aromatic N) is 6. The molecule has 0 aromatic carbocycles. The SMILES string of the molecule is N#Cc1ncnc(N2CC3CCC(C2)N3C(=O)O)n1. The molecule has 2 aliphatic rings. The molecule has 1 aromatic heterocycles. The van der Waals surface area contributed by atoms with Gasteiger partial charge in [-0.1, -0.05) is 0 Å². The largest absolute Gasteiger partial charge is 0.465 e. The van der Waals surface area contributed by atoms with Gasteiger partial charge in [-0.2, -0.15) is 10.2 Å². The third-order valence-electron chi connectivity index (χ3n) is 3.65. The van der Waals surface area contributed by atoms with Crippen molar-refractivity contribution in [2.24, 2.45) is 0 Å². The van der Waals surface area contributed by atoms with Crippen LogP contribution in [0.4, 0.5) is 10.7 Å². The zero-order valence-electron chi connectivity index (χ0n) is 10.1. The van der Waals surface area contributed by atoms with E-state index in [1.807, 2.05) is 11.0 Å². The van der Waals surface area contributed by atoms with Crippen molar-refractivity contribution >= 4 is 12.0 Å². The number of rotatable bonds is 1. The number of carboxylic acid groups (broad SMARTS) is 1. The summed E-state index contributed by atoms with van der Waals surface area (Å²) in [5.41, 5.74) is 0. The van der Waals surface area contributed by atoms with Gasteiger partial charge >= 0.3 is 6.09 Å². The smallest absolute Gasteiger partial charge is 0.407 e. The first-order valence-corrected chi connectivity index (χ1v) is 6.04. The van der Waals surface area contributed by atoms with Crippen molar-refractivity contribution in [3.63, 3.8) is 0 Å². The summed E-state index contributed by atoms with van der Waals surface area (Å²) >= 11 is 0. The minimum Gasteiger partial charge on any atom is -0.465 e. The lowest BCUT2D eigenvalue weighted by molar-refractivity contribution is 0.114. The summed E-state index contributed by atoms with van der Waals surface area (Å²) in [6.07, 6.45) is 2.18. The molecular formula is C11H12N6O2. The maximum absolute atomic E-state index is 11.2. The van der Waals surface area contributed by atoms with Crippen molar-refractivity contribution in [3.8, 4) is 6.07 Å². The van der Waals surface area contributed by atoms with E-state index < -0.39 is 6.09 Å². The highest BCUT2D eigenvalue weighted by Gasteiger charge is 2.43. The van der Waals surface area contributed by atoms with Crippen LogP contribution in [0.5, 0.6) is 0 Å². The molecule has 2 fully saturated rings. The van der Waals surface area contributed by atoms with Crippen molar-refractivity contribution in [2.75, 3.05) is 18.0 Å². The first kappa shape index (κ1) is 11.6. The van der Waals surface area contributed by atoms with Gasteiger partial charge in [-0.25, -0.2) is 14.8 Å². The Balaban J connectivity index is 1.83. The summed E-state index contributed by atoms with van der Waals surface area (Å²) in [6, 6.07) is 1.85. The van der Waals surface area contributed by atoms with Gasteiger partial charge < -0.3 is 10.0 Å². The summed E-state index contributed by atoms with van der Waals surface area (Å²) in [6.45, 7) is 1.13. The van der Waals surface area contributed by atoms with Crippen LogP contribution in [0.2, 0.25) is 0 Å². The molecule has 8 nitrogen and oxygen atoms in total. The third kappa shape index (κ3) is 1.93. The average Bonchev–Trinajstić information content (AvgIpc) is 2.70. The number of hydrogen-bond acceptors (Lipinski definition) is 6. The Morgan fingerprint density at radius 2 is 2.05 bits per heavy atom. The van der Waals surface area contributed by atoms with Crippen LogP contribution in [0.3, 0.4) is 0 Å². The van der Waals surface area contributed by atoms with E-state index in [2.05, 4.69) is 15.0 Å². The number of nitriles is 1. The van der Waals surface area contributed by atoms with E-state index in [4.69, 9.17) is 5.26 Å². The van der Waals surface area contributed by atoms with E-state index in [0.717, 1.165) is 12.8 Å². The highest BCUT2D eigenvalue weighted by Crippen LogP contribution is 2.31. The van der Waals surface area contributed by atoms with E-state index in [0.29, 0.717) is 19.0 Å². The van der Waals surface area contributed by atoms with E-state index in [1.165, 1.54) is 11.2 Å². The van der Waals surface area contributed by atoms with Crippen molar-refractivity contribution in [2.45, 2.75) is 24.9 Å². The fraction of sp³-hybridized carbons (Fsp3) is 0.545. The van der Waals surface area contributed by atoms with Gasteiger partial charge in [-0.3, -0.25) is 4.90 Å².